The predicted molar refractivity (Wildman–Crippen MR) is 105 cm³/mol. The lowest BCUT2D eigenvalue weighted by molar-refractivity contribution is 0.146. The third-order valence-electron chi connectivity index (χ3n) is 4.59. The van der Waals surface area contributed by atoms with Crippen LogP contribution in [0.2, 0.25) is 0 Å². The standard InChI is InChI=1S/C21H27N3O2/c1-2-3-13-23-14-16-24(17-15-23)21(25)22-19-11-7-8-12-20(19)26-18-9-5-4-6-10-18/h4-12H,2-3,13-17H2,1H3,(H,22,25). The highest BCUT2D eigenvalue weighted by Gasteiger charge is 2.21. The summed E-state index contributed by atoms with van der Waals surface area (Å²) in [5.74, 6) is 1.40. The van der Waals surface area contributed by atoms with Crippen LogP contribution in [-0.2, 0) is 0 Å². The summed E-state index contributed by atoms with van der Waals surface area (Å²) in [4.78, 5) is 16.9. The van der Waals surface area contributed by atoms with Crippen molar-refractivity contribution in [2.75, 3.05) is 38.0 Å². The molecule has 0 atom stereocenters. The van der Waals surface area contributed by atoms with E-state index in [1.54, 1.807) is 0 Å². The van der Waals surface area contributed by atoms with Crippen LogP contribution >= 0.6 is 0 Å². The molecule has 0 aromatic heterocycles. The van der Waals surface area contributed by atoms with Crippen molar-refractivity contribution in [2.45, 2.75) is 19.8 Å². The van der Waals surface area contributed by atoms with Crippen LogP contribution in [0, 0.1) is 0 Å². The predicted octanol–water partition coefficient (Wildman–Crippen LogP) is 4.43. The smallest absolute Gasteiger partial charge is 0.322 e. The Morgan fingerprint density at radius 3 is 2.42 bits per heavy atom. The maximum absolute atomic E-state index is 12.6. The molecule has 1 aliphatic rings. The highest BCUT2D eigenvalue weighted by Crippen LogP contribution is 2.29. The van der Waals surface area contributed by atoms with Crippen molar-refractivity contribution in [3.05, 3.63) is 54.6 Å². The molecule has 0 aliphatic carbocycles. The minimum Gasteiger partial charge on any atom is -0.455 e. The van der Waals surface area contributed by atoms with Crippen molar-refractivity contribution in [1.82, 2.24) is 9.80 Å². The number of unbranched alkanes of at least 4 members (excludes halogenated alkanes) is 1. The fraction of sp³-hybridized carbons (Fsp3) is 0.381. The number of piperazine rings is 1. The second-order valence-corrected chi connectivity index (χ2v) is 6.52. The van der Waals surface area contributed by atoms with Gasteiger partial charge in [-0.3, -0.25) is 4.90 Å². The van der Waals surface area contributed by atoms with Crippen molar-refractivity contribution in [1.29, 1.82) is 0 Å². The number of anilines is 1. The van der Waals surface area contributed by atoms with Gasteiger partial charge in [0.2, 0.25) is 0 Å². The van der Waals surface area contributed by atoms with Gasteiger partial charge in [0, 0.05) is 26.2 Å². The zero-order valence-electron chi connectivity index (χ0n) is 15.4. The molecule has 26 heavy (non-hydrogen) atoms. The van der Waals surface area contributed by atoms with Crippen LogP contribution in [-0.4, -0.2) is 48.6 Å². The molecular formula is C21H27N3O2. The molecule has 0 saturated carbocycles. The number of hydrogen-bond donors (Lipinski definition) is 1. The van der Waals surface area contributed by atoms with Gasteiger partial charge in [-0.2, -0.15) is 0 Å². The number of para-hydroxylation sites is 3. The van der Waals surface area contributed by atoms with Crippen LogP contribution in [0.5, 0.6) is 11.5 Å². The number of amides is 2. The molecule has 2 amide bonds. The SMILES string of the molecule is CCCCN1CCN(C(=O)Nc2ccccc2Oc2ccccc2)CC1. The zero-order chi connectivity index (χ0) is 18.2. The van der Waals surface area contributed by atoms with E-state index in [0.717, 1.165) is 38.5 Å². The molecule has 2 aromatic rings. The quantitative estimate of drug-likeness (QED) is 0.836. The lowest BCUT2D eigenvalue weighted by Gasteiger charge is -2.34. The first kappa shape index (κ1) is 18.3. The number of nitrogens with zero attached hydrogens (tertiary/aromatic N) is 2. The van der Waals surface area contributed by atoms with Gasteiger partial charge in [-0.15, -0.1) is 0 Å². The highest BCUT2D eigenvalue weighted by molar-refractivity contribution is 5.91. The molecule has 0 radical (unpaired) electrons. The maximum Gasteiger partial charge on any atom is 0.322 e. The van der Waals surface area contributed by atoms with Crippen LogP contribution in [0.4, 0.5) is 10.5 Å². The Bertz CT molecular complexity index is 697. The molecule has 0 unspecified atom stereocenters. The maximum atomic E-state index is 12.6. The molecule has 1 heterocycles. The Morgan fingerprint density at radius 1 is 1.00 bits per heavy atom. The monoisotopic (exact) mass is 353 g/mol. The van der Waals surface area contributed by atoms with Gasteiger partial charge in [0.05, 0.1) is 5.69 Å². The first-order valence-corrected chi connectivity index (χ1v) is 9.36. The van der Waals surface area contributed by atoms with Gasteiger partial charge in [-0.05, 0) is 37.2 Å². The van der Waals surface area contributed by atoms with Gasteiger partial charge < -0.3 is 15.0 Å². The average Bonchev–Trinajstić information content (AvgIpc) is 2.69. The van der Waals surface area contributed by atoms with Crippen molar-refractivity contribution in [3.8, 4) is 11.5 Å². The molecular weight excluding hydrogens is 326 g/mol. The first-order valence-electron chi connectivity index (χ1n) is 9.36. The number of rotatable bonds is 6. The lowest BCUT2D eigenvalue weighted by atomic mass is 10.2. The van der Waals surface area contributed by atoms with E-state index in [4.69, 9.17) is 4.74 Å². The van der Waals surface area contributed by atoms with Gasteiger partial charge in [0.25, 0.3) is 0 Å². The number of hydrogen-bond acceptors (Lipinski definition) is 3. The summed E-state index contributed by atoms with van der Waals surface area (Å²) >= 11 is 0. The van der Waals surface area contributed by atoms with Crippen LogP contribution in [0.25, 0.3) is 0 Å². The van der Waals surface area contributed by atoms with E-state index in [-0.39, 0.29) is 6.03 Å². The fourth-order valence-electron chi connectivity index (χ4n) is 3.02. The molecule has 3 rings (SSSR count). The molecule has 138 valence electrons. The average molecular weight is 353 g/mol. The molecule has 2 aromatic carbocycles. The number of benzene rings is 2. The summed E-state index contributed by atoms with van der Waals surface area (Å²) in [5.41, 5.74) is 0.690. The zero-order valence-corrected chi connectivity index (χ0v) is 15.4. The van der Waals surface area contributed by atoms with Gasteiger partial charge in [-0.25, -0.2) is 4.79 Å². The molecule has 0 spiro atoms. The van der Waals surface area contributed by atoms with Crippen LogP contribution < -0.4 is 10.1 Å². The minimum atomic E-state index is -0.0655. The second-order valence-electron chi connectivity index (χ2n) is 6.52. The van der Waals surface area contributed by atoms with Crippen molar-refractivity contribution >= 4 is 11.7 Å². The Kier molecular flexibility index (Phi) is 6.50. The summed E-state index contributed by atoms with van der Waals surface area (Å²) in [6.45, 7) is 6.73. The summed E-state index contributed by atoms with van der Waals surface area (Å²) in [5, 5.41) is 3.00. The molecule has 1 N–H and O–H groups in total. The molecule has 1 aliphatic heterocycles. The van der Waals surface area contributed by atoms with E-state index in [1.165, 1.54) is 12.8 Å². The molecule has 1 fully saturated rings. The number of carbonyl (C=O) groups excluding carboxylic acids is 1. The van der Waals surface area contributed by atoms with Crippen molar-refractivity contribution in [3.63, 3.8) is 0 Å². The minimum absolute atomic E-state index is 0.0655. The topological polar surface area (TPSA) is 44.8 Å². The van der Waals surface area contributed by atoms with E-state index >= 15 is 0 Å². The summed E-state index contributed by atoms with van der Waals surface area (Å²) < 4.78 is 5.92. The summed E-state index contributed by atoms with van der Waals surface area (Å²) in [6.07, 6.45) is 2.43. The normalized spacial score (nSPS) is 14.9. The largest absolute Gasteiger partial charge is 0.455 e. The molecule has 5 heteroatoms. The fourth-order valence-corrected chi connectivity index (χ4v) is 3.02. The number of carbonyl (C=O) groups is 1. The number of nitrogens with one attached hydrogen (secondary N) is 1. The van der Waals surface area contributed by atoms with Crippen LogP contribution in [0.1, 0.15) is 19.8 Å². The van der Waals surface area contributed by atoms with Crippen LogP contribution in [0.15, 0.2) is 54.6 Å². The Labute approximate surface area is 155 Å². The van der Waals surface area contributed by atoms with Crippen molar-refractivity contribution in [2.24, 2.45) is 0 Å². The third-order valence-corrected chi connectivity index (χ3v) is 4.59. The summed E-state index contributed by atoms with van der Waals surface area (Å²) in [6, 6.07) is 17.1. The van der Waals surface area contributed by atoms with E-state index in [2.05, 4.69) is 17.1 Å². The van der Waals surface area contributed by atoms with Gasteiger partial charge in [0.1, 0.15) is 5.75 Å². The molecule has 5 nitrogen and oxygen atoms in total. The lowest BCUT2D eigenvalue weighted by Crippen LogP contribution is -2.50. The van der Waals surface area contributed by atoms with Gasteiger partial charge in [0.15, 0.2) is 5.75 Å². The highest BCUT2D eigenvalue weighted by atomic mass is 16.5. The van der Waals surface area contributed by atoms with Crippen molar-refractivity contribution < 1.29 is 9.53 Å². The van der Waals surface area contributed by atoms with Crippen LogP contribution in [0.3, 0.4) is 0 Å². The number of ether oxygens (including phenoxy) is 1. The third kappa shape index (κ3) is 4.99. The van der Waals surface area contributed by atoms with E-state index < -0.39 is 0 Å². The van der Waals surface area contributed by atoms with E-state index in [9.17, 15) is 4.79 Å². The van der Waals surface area contributed by atoms with E-state index in [1.807, 2.05) is 59.5 Å². The second kappa shape index (κ2) is 9.25. The Hall–Kier alpha value is -2.53. The number of urea groups is 1. The first-order chi connectivity index (χ1) is 12.8. The van der Waals surface area contributed by atoms with E-state index in [0.29, 0.717) is 11.4 Å². The van der Waals surface area contributed by atoms with Gasteiger partial charge >= 0.3 is 6.03 Å². The summed E-state index contributed by atoms with van der Waals surface area (Å²) in [7, 11) is 0. The van der Waals surface area contributed by atoms with Gasteiger partial charge in [-0.1, -0.05) is 43.7 Å². The Morgan fingerprint density at radius 2 is 1.69 bits per heavy atom. The Balaban J connectivity index is 1.58. The molecule has 1 saturated heterocycles. The molecule has 0 bridgehead atoms.